The summed E-state index contributed by atoms with van der Waals surface area (Å²) >= 11 is 1.63. The Morgan fingerprint density at radius 1 is 1.35 bits per heavy atom. The molecule has 1 atom stereocenters. The number of nitrogens with two attached hydrogens (primary N) is 1. The fourth-order valence-corrected chi connectivity index (χ4v) is 7.53. The van der Waals surface area contributed by atoms with Gasteiger partial charge >= 0.3 is 0 Å². The first-order valence-corrected chi connectivity index (χ1v) is 11.6. The van der Waals surface area contributed by atoms with Gasteiger partial charge in [0.15, 0.2) is 9.84 Å². The van der Waals surface area contributed by atoms with Gasteiger partial charge in [-0.15, -0.1) is 0 Å². The van der Waals surface area contributed by atoms with E-state index >= 15 is 0 Å². The van der Waals surface area contributed by atoms with E-state index in [1.54, 1.807) is 11.8 Å². The first kappa shape index (κ1) is 16.5. The number of hydrogen-bond donors (Lipinski definition) is 1. The Morgan fingerprint density at radius 2 is 1.95 bits per heavy atom. The van der Waals surface area contributed by atoms with Crippen LogP contribution >= 0.6 is 11.8 Å². The normalized spacial score (nSPS) is 31.0. The third-order valence-electron chi connectivity index (χ3n) is 4.32. The van der Waals surface area contributed by atoms with E-state index in [1.165, 1.54) is 6.26 Å². The van der Waals surface area contributed by atoms with Crippen LogP contribution in [0.5, 0.6) is 0 Å². The van der Waals surface area contributed by atoms with E-state index in [-0.39, 0.29) is 11.5 Å². The maximum absolute atomic E-state index is 12.0. The molecular formula is C11H22N2O4S3. The maximum atomic E-state index is 12.0. The van der Waals surface area contributed by atoms with Crippen LogP contribution in [0.25, 0.3) is 0 Å². The summed E-state index contributed by atoms with van der Waals surface area (Å²) < 4.78 is 47.3. The Balaban J connectivity index is 2.30. The fraction of sp³-hybridized carbons (Fsp3) is 1.00. The predicted octanol–water partition coefficient (Wildman–Crippen LogP) is -0.688. The van der Waals surface area contributed by atoms with Crippen molar-refractivity contribution in [1.29, 1.82) is 0 Å². The minimum atomic E-state index is -3.20. The van der Waals surface area contributed by atoms with E-state index in [9.17, 15) is 16.8 Å². The minimum absolute atomic E-state index is 0.102. The second-order valence-corrected chi connectivity index (χ2v) is 11.3. The topological polar surface area (TPSA) is 97.5 Å². The molecule has 6 nitrogen and oxygen atoms in total. The van der Waals surface area contributed by atoms with Crippen LogP contribution in [0, 0.1) is 0 Å². The zero-order valence-electron chi connectivity index (χ0n) is 11.6. The lowest BCUT2D eigenvalue weighted by molar-refractivity contribution is 0.0789. The monoisotopic (exact) mass is 342 g/mol. The Labute approximate surface area is 125 Å². The predicted molar refractivity (Wildman–Crippen MR) is 82.3 cm³/mol. The van der Waals surface area contributed by atoms with E-state index in [1.807, 2.05) is 4.90 Å². The molecule has 0 amide bonds. The van der Waals surface area contributed by atoms with Crippen molar-refractivity contribution in [2.75, 3.05) is 42.4 Å². The quantitative estimate of drug-likeness (QED) is 0.725. The second kappa shape index (κ2) is 5.75. The largest absolute Gasteiger partial charge is 0.329 e. The number of hydrogen-bond acceptors (Lipinski definition) is 7. The first-order chi connectivity index (χ1) is 9.20. The molecule has 2 aliphatic rings. The van der Waals surface area contributed by atoms with Crippen molar-refractivity contribution < 1.29 is 16.8 Å². The Bertz CT molecular complexity index is 544. The van der Waals surface area contributed by atoms with Crippen molar-refractivity contribution >= 4 is 31.4 Å². The summed E-state index contributed by atoms with van der Waals surface area (Å²) in [4.78, 5) is 1.97. The SMILES string of the molecule is CS(=O)(=O)C1CSCCN1C1(CN)CCS(=O)(=O)CC1. The van der Waals surface area contributed by atoms with E-state index in [2.05, 4.69) is 0 Å². The number of nitrogens with zero attached hydrogens (tertiary/aromatic N) is 1. The Morgan fingerprint density at radius 3 is 2.45 bits per heavy atom. The van der Waals surface area contributed by atoms with Crippen molar-refractivity contribution in [3.8, 4) is 0 Å². The molecule has 2 saturated heterocycles. The van der Waals surface area contributed by atoms with Crippen molar-refractivity contribution in [2.24, 2.45) is 5.73 Å². The molecule has 118 valence electrons. The third-order valence-corrected chi connectivity index (χ3v) is 8.62. The van der Waals surface area contributed by atoms with Crippen LogP contribution in [0.15, 0.2) is 0 Å². The van der Waals surface area contributed by atoms with Gasteiger partial charge < -0.3 is 5.73 Å². The summed E-state index contributed by atoms with van der Waals surface area (Å²) in [6.45, 7) is 0.957. The molecule has 0 spiro atoms. The Kier molecular flexibility index (Phi) is 4.76. The summed E-state index contributed by atoms with van der Waals surface area (Å²) in [5.41, 5.74) is 5.44. The molecule has 2 heterocycles. The van der Waals surface area contributed by atoms with E-state index in [0.29, 0.717) is 31.7 Å². The smallest absolute Gasteiger partial charge is 0.164 e. The molecule has 0 aromatic heterocycles. The van der Waals surface area contributed by atoms with Crippen LogP contribution in [-0.2, 0) is 19.7 Å². The van der Waals surface area contributed by atoms with Crippen LogP contribution in [0.4, 0.5) is 0 Å². The standard InChI is InChI=1S/C11H22N2O4S3/c1-19(14,15)10-8-18-5-4-13(10)11(9-12)2-6-20(16,17)7-3-11/h10H,2-9,12H2,1H3. The van der Waals surface area contributed by atoms with E-state index in [4.69, 9.17) is 5.73 Å². The molecule has 20 heavy (non-hydrogen) atoms. The summed E-state index contributed by atoms with van der Waals surface area (Å²) in [6, 6.07) is 0. The molecular weight excluding hydrogens is 320 g/mol. The van der Waals surface area contributed by atoms with Gasteiger partial charge in [-0.05, 0) is 12.8 Å². The molecule has 2 aliphatic heterocycles. The van der Waals surface area contributed by atoms with Crippen molar-refractivity contribution in [2.45, 2.75) is 23.8 Å². The lowest BCUT2D eigenvalue weighted by Gasteiger charge is -2.50. The molecule has 0 aliphatic carbocycles. The number of sulfone groups is 2. The van der Waals surface area contributed by atoms with Crippen molar-refractivity contribution in [3.63, 3.8) is 0 Å². The molecule has 0 aromatic rings. The van der Waals surface area contributed by atoms with Gasteiger partial charge in [-0.25, -0.2) is 16.8 Å². The molecule has 9 heteroatoms. The highest BCUT2D eigenvalue weighted by molar-refractivity contribution is 8.00. The molecule has 2 rings (SSSR count). The van der Waals surface area contributed by atoms with Gasteiger partial charge in [-0.3, -0.25) is 4.90 Å². The number of rotatable bonds is 3. The summed E-state index contributed by atoms with van der Waals surface area (Å²) in [7, 11) is -6.19. The van der Waals surface area contributed by atoms with Crippen LogP contribution in [0.2, 0.25) is 0 Å². The highest BCUT2D eigenvalue weighted by Gasteiger charge is 2.47. The second-order valence-electron chi connectivity index (χ2n) is 5.63. The highest BCUT2D eigenvalue weighted by Crippen LogP contribution is 2.35. The average Bonchev–Trinajstić information content (AvgIpc) is 2.39. The highest BCUT2D eigenvalue weighted by atomic mass is 32.2. The molecule has 0 aromatic carbocycles. The van der Waals surface area contributed by atoms with Gasteiger partial charge in [0.1, 0.15) is 15.2 Å². The van der Waals surface area contributed by atoms with Gasteiger partial charge in [-0.2, -0.15) is 11.8 Å². The van der Waals surface area contributed by atoms with Gasteiger partial charge in [0.25, 0.3) is 0 Å². The summed E-state index contributed by atoms with van der Waals surface area (Å²) in [5.74, 6) is 1.60. The van der Waals surface area contributed by atoms with Gasteiger partial charge in [0, 0.05) is 36.4 Å². The molecule has 0 saturated carbocycles. The van der Waals surface area contributed by atoms with Gasteiger partial charge in [0.2, 0.25) is 0 Å². The zero-order valence-corrected chi connectivity index (χ0v) is 14.1. The van der Waals surface area contributed by atoms with Gasteiger partial charge in [-0.1, -0.05) is 0 Å². The summed E-state index contributed by atoms with van der Waals surface area (Å²) in [6.07, 6.45) is 2.12. The molecule has 1 unspecified atom stereocenters. The van der Waals surface area contributed by atoms with Crippen molar-refractivity contribution in [3.05, 3.63) is 0 Å². The van der Waals surface area contributed by atoms with Crippen LogP contribution in [0.1, 0.15) is 12.8 Å². The van der Waals surface area contributed by atoms with Crippen LogP contribution < -0.4 is 5.73 Å². The molecule has 0 bridgehead atoms. The van der Waals surface area contributed by atoms with Crippen LogP contribution in [-0.4, -0.2) is 75.0 Å². The fourth-order valence-electron chi connectivity index (χ4n) is 3.00. The van der Waals surface area contributed by atoms with E-state index < -0.39 is 30.6 Å². The Hall–Kier alpha value is 0.170. The van der Waals surface area contributed by atoms with Gasteiger partial charge in [0.05, 0.1) is 11.5 Å². The lowest BCUT2D eigenvalue weighted by Crippen LogP contribution is -2.64. The molecule has 2 fully saturated rings. The molecule has 0 radical (unpaired) electrons. The number of thioether (sulfide) groups is 1. The van der Waals surface area contributed by atoms with Crippen LogP contribution in [0.3, 0.4) is 0 Å². The maximum Gasteiger partial charge on any atom is 0.164 e. The zero-order chi connectivity index (χ0) is 15.0. The van der Waals surface area contributed by atoms with E-state index in [0.717, 1.165) is 5.75 Å². The first-order valence-electron chi connectivity index (χ1n) is 6.64. The molecule has 2 N–H and O–H groups in total. The third kappa shape index (κ3) is 3.32. The average molecular weight is 343 g/mol. The van der Waals surface area contributed by atoms with Crippen molar-refractivity contribution in [1.82, 2.24) is 4.90 Å². The minimum Gasteiger partial charge on any atom is -0.329 e. The summed E-state index contributed by atoms with van der Waals surface area (Å²) in [5, 5.41) is -0.550. The lowest BCUT2D eigenvalue weighted by atomic mass is 9.90.